The Kier molecular flexibility index (Phi) is 6.56. The van der Waals surface area contributed by atoms with Gasteiger partial charge in [0.2, 0.25) is 0 Å². The van der Waals surface area contributed by atoms with Crippen molar-refractivity contribution in [3.05, 3.63) is 47.9 Å². The van der Waals surface area contributed by atoms with Crippen LogP contribution in [-0.4, -0.2) is 53.5 Å². The van der Waals surface area contributed by atoms with Gasteiger partial charge in [0, 0.05) is 48.9 Å². The number of anilines is 1. The molecule has 0 aromatic carbocycles. The van der Waals surface area contributed by atoms with E-state index >= 15 is 0 Å². The van der Waals surface area contributed by atoms with Gasteiger partial charge >= 0.3 is 0 Å². The average molecular weight is 441 g/mol. The van der Waals surface area contributed by atoms with Crippen molar-refractivity contribution >= 4 is 32.5 Å². The fraction of sp³-hybridized carbons (Fsp3) is 0.333. The van der Waals surface area contributed by atoms with Crippen LogP contribution in [0.25, 0.3) is 16.9 Å². The highest BCUT2D eigenvalue weighted by Gasteiger charge is 2.16. The summed E-state index contributed by atoms with van der Waals surface area (Å²) in [4.78, 5) is 21.5. The molecule has 0 saturated heterocycles. The molecule has 0 unspecified atom stereocenters. The Labute approximate surface area is 181 Å². The molecular weight excluding hydrogens is 416 g/mol. The van der Waals surface area contributed by atoms with Crippen LogP contribution >= 0.6 is 0 Å². The Morgan fingerprint density at radius 2 is 2.03 bits per heavy atom. The normalized spacial score (nSPS) is 11.5. The monoisotopic (exact) mass is 440 g/mol. The van der Waals surface area contributed by atoms with E-state index in [9.17, 15) is 13.2 Å². The van der Waals surface area contributed by atoms with Gasteiger partial charge in [-0.2, -0.15) is 5.26 Å². The minimum absolute atomic E-state index is 0.0167. The number of hydrogen-bond donors (Lipinski definition) is 2. The van der Waals surface area contributed by atoms with Crippen molar-refractivity contribution in [1.82, 2.24) is 19.9 Å². The van der Waals surface area contributed by atoms with E-state index in [2.05, 4.69) is 26.7 Å². The zero-order chi connectivity index (χ0) is 22.6. The molecule has 3 heterocycles. The molecule has 3 aromatic rings. The van der Waals surface area contributed by atoms with Crippen molar-refractivity contribution in [3.8, 4) is 11.9 Å². The van der Waals surface area contributed by atoms with Crippen LogP contribution in [0.4, 0.5) is 5.69 Å². The highest BCUT2D eigenvalue weighted by Crippen LogP contribution is 2.23. The van der Waals surface area contributed by atoms with Crippen molar-refractivity contribution in [2.45, 2.75) is 26.3 Å². The molecule has 10 heteroatoms. The van der Waals surface area contributed by atoms with Crippen LogP contribution in [-0.2, 0) is 9.84 Å². The molecule has 1 amide bonds. The third-order valence-electron chi connectivity index (χ3n) is 4.46. The van der Waals surface area contributed by atoms with E-state index in [0.29, 0.717) is 34.7 Å². The highest BCUT2D eigenvalue weighted by molar-refractivity contribution is 7.90. The highest BCUT2D eigenvalue weighted by atomic mass is 32.2. The van der Waals surface area contributed by atoms with Gasteiger partial charge < -0.3 is 10.6 Å². The summed E-state index contributed by atoms with van der Waals surface area (Å²) in [5.74, 6) is 0.261. The summed E-state index contributed by atoms with van der Waals surface area (Å²) in [5.41, 5.74) is 2.10. The van der Waals surface area contributed by atoms with Gasteiger partial charge in [-0.25, -0.2) is 18.4 Å². The van der Waals surface area contributed by atoms with Crippen molar-refractivity contribution in [1.29, 1.82) is 5.26 Å². The molecule has 0 spiro atoms. The molecule has 0 aliphatic heterocycles. The van der Waals surface area contributed by atoms with Crippen molar-refractivity contribution in [2.75, 3.05) is 23.9 Å². The van der Waals surface area contributed by atoms with Crippen LogP contribution in [0.5, 0.6) is 0 Å². The zero-order valence-corrected chi connectivity index (χ0v) is 18.4. The lowest BCUT2D eigenvalue weighted by molar-refractivity contribution is 0.0954. The largest absolute Gasteiger partial charge is 0.382 e. The molecule has 162 valence electrons. The van der Waals surface area contributed by atoms with Crippen LogP contribution in [0.2, 0.25) is 0 Å². The minimum Gasteiger partial charge on any atom is -0.382 e. The fourth-order valence-corrected chi connectivity index (χ4v) is 3.76. The molecule has 0 saturated carbocycles. The summed E-state index contributed by atoms with van der Waals surface area (Å²) in [6.45, 7) is 4.18. The molecule has 0 bridgehead atoms. The molecule has 3 rings (SSSR count). The van der Waals surface area contributed by atoms with Gasteiger partial charge in [-0.05, 0) is 32.4 Å². The van der Waals surface area contributed by atoms with E-state index in [1.807, 2.05) is 26.1 Å². The van der Waals surface area contributed by atoms with Crippen LogP contribution in [0.3, 0.4) is 0 Å². The first-order chi connectivity index (χ1) is 14.7. The first-order valence-electron chi connectivity index (χ1n) is 9.78. The van der Waals surface area contributed by atoms with E-state index < -0.39 is 9.84 Å². The number of carbonyl (C=O) groups excluding carboxylic acids is 1. The van der Waals surface area contributed by atoms with Gasteiger partial charge in [0.1, 0.15) is 27.4 Å². The molecule has 0 atom stereocenters. The second-order valence-corrected chi connectivity index (χ2v) is 9.82. The lowest BCUT2D eigenvalue weighted by Crippen LogP contribution is -2.27. The van der Waals surface area contributed by atoms with E-state index in [4.69, 9.17) is 5.26 Å². The second-order valence-electron chi connectivity index (χ2n) is 7.56. The number of aromatic nitrogens is 3. The smallest absolute Gasteiger partial charge is 0.254 e. The number of nitrogens with one attached hydrogen (secondary N) is 2. The Bertz CT molecular complexity index is 1260. The van der Waals surface area contributed by atoms with Crippen molar-refractivity contribution < 1.29 is 13.2 Å². The molecule has 0 aliphatic rings. The maximum absolute atomic E-state index is 12.7. The number of fused-ring (bicyclic) bond motifs is 1. The number of pyridine rings is 2. The van der Waals surface area contributed by atoms with Gasteiger partial charge in [0.05, 0.1) is 22.6 Å². The second kappa shape index (κ2) is 9.14. The van der Waals surface area contributed by atoms with Crippen LogP contribution in [0.1, 0.15) is 36.2 Å². The predicted molar refractivity (Wildman–Crippen MR) is 119 cm³/mol. The summed E-state index contributed by atoms with van der Waals surface area (Å²) >= 11 is 0. The van der Waals surface area contributed by atoms with Crippen molar-refractivity contribution in [3.63, 3.8) is 0 Å². The Morgan fingerprint density at radius 1 is 1.26 bits per heavy atom. The number of amides is 1. The molecule has 0 radical (unpaired) electrons. The van der Waals surface area contributed by atoms with E-state index in [1.165, 1.54) is 18.6 Å². The molecule has 2 N–H and O–H groups in total. The van der Waals surface area contributed by atoms with Crippen LogP contribution < -0.4 is 10.6 Å². The topological polar surface area (TPSA) is 130 Å². The Morgan fingerprint density at radius 3 is 2.71 bits per heavy atom. The lowest BCUT2D eigenvalue weighted by atomic mass is 10.2. The first-order valence-corrected chi connectivity index (χ1v) is 11.8. The zero-order valence-electron chi connectivity index (χ0n) is 17.6. The minimum atomic E-state index is -3.07. The van der Waals surface area contributed by atoms with E-state index in [-0.39, 0.29) is 24.2 Å². The third kappa shape index (κ3) is 5.58. The maximum atomic E-state index is 12.7. The summed E-state index contributed by atoms with van der Waals surface area (Å²) in [7, 11) is -3.07. The van der Waals surface area contributed by atoms with Crippen LogP contribution in [0.15, 0.2) is 36.8 Å². The van der Waals surface area contributed by atoms with Gasteiger partial charge in [-0.1, -0.05) is 0 Å². The standard InChI is InChI=1S/C21H24N6O3S/c1-14(2)26-18-10-19(27-7-5-16-9-15(11-22)12-25-20(16)27)24-13-17(18)21(28)23-6-4-8-31(3,29)30/h5,7,9-10,12-14H,4,6,8H2,1-3H3,(H,23,28)(H,24,26). The van der Waals surface area contributed by atoms with Crippen LogP contribution in [0, 0.1) is 11.3 Å². The van der Waals surface area contributed by atoms with Gasteiger partial charge in [0.15, 0.2) is 0 Å². The van der Waals surface area contributed by atoms with Gasteiger partial charge in [-0.3, -0.25) is 9.36 Å². The Hall–Kier alpha value is -3.45. The third-order valence-corrected chi connectivity index (χ3v) is 5.49. The predicted octanol–water partition coefficient (Wildman–Crippen LogP) is 2.28. The van der Waals surface area contributed by atoms with E-state index in [1.54, 1.807) is 16.7 Å². The molecule has 9 nitrogen and oxygen atoms in total. The summed E-state index contributed by atoms with van der Waals surface area (Å²) in [5, 5.41) is 15.9. The summed E-state index contributed by atoms with van der Waals surface area (Å²) in [6.07, 6.45) is 6.31. The number of rotatable bonds is 8. The molecule has 0 fully saturated rings. The number of hydrogen-bond acceptors (Lipinski definition) is 7. The number of nitrogens with zero attached hydrogens (tertiary/aromatic N) is 4. The van der Waals surface area contributed by atoms with E-state index in [0.717, 1.165) is 5.39 Å². The first kappa shape index (κ1) is 22.2. The molecular formula is C21H24N6O3S. The number of carbonyl (C=O) groups is 1. The SMILES string of the molecule is CC(C)Nc1cc(-n2ccc3cc(C#N)cnc32)ncc1C(=O)NCCCS(C)(=O)=O. The number of sulfone groups is 1. The maximum Gasteiger partial charge on any atom is 0.254 e. The van der Waals surface area contributed by atoms with Crippen molar-refractivity contribution in [2.24, 2.45) is 0 Å². The average Bonchev–Trinajstić information content (AvgIpc) is 3.13. The number of nitriles is 1. The fourth-order valence-electron chi connectivity index (χ4n) is 3.09. The Balaban J connectivity index is 1.88. The molecule has 31 heavy (non-hydrogen) atoms. The molecule has 0 aliphatic carbocycles. The quantitative estimate of drug-likeness (QED) is 0.514. The lowest BCUT2D eigenvalue weighted by Gasteiger charge is -2.16. The summed E-state index contributed by atoms with van der Waals surface area (Å²) < 4.78 is 24.3. The van der Waals surface area contributed by atoms with Gasteiger partial charge in [0.25, 0.3) is 5.91 Å². The molecule has 3 aromatic heterocycles. The van der Waals surface area contributed by atoms with Gasteiger partial charge in [-0.15, -0.1) is 0 Å². The summed E-state index contributed by atoms with van der Waals surface area (Å²) in [6, 6.07) is 7.52.